The van der Waals surface area contributed by atoms with E-state index in [0.717, 1.165) is 38.1 Å². The van der Waals surface area contributed by atoms with Gasteiger partial charge in [-0.25, -0.2) is 0 Å². The largest absolute Gasteiger partial charge is 0.497 e. The van der Waals surface area contributed by atoms with Crippen molar-refractivity contribution in [2.24, 2.45) is 0 Å². The highest BCUT2D eigenvalue weighted by Gasteiger charge is 2.20. The van der Waals surface area contributed by atoms with Crippen molar-refractivity contribution in [2.45, 2.75) is 32.2 Å². The van der Waals surface area contributed by atoms with E-state index in [2.05, 4.69) is 60.4 Å². The van der Waals surface area contributed by atoms with Crippen LogP contribution in [0.1, 0.15) is 23.6 Å². The zero-order chi connectivity index (χ0) is 15.4. The van der Waals surface area contributed by atoms with Crippen LogP contribution in [0.15, 0.2) is 48.5 Å². The molecule has 0 saturated heterocycles. The SMILES string of the molecule is COc1ccc2c(c1)CC(C)N(CCc1ccccc1)CC2. The lowest BCUT2D eigenvalue weighted by atomic mass is 10.0. The average molecular weight is 295 g/mol. The van der Waals surface area contributed by atoms with Crippen molar-refractivity contribution >= 4 is 0 Å². The zero-order valence-corrected chi connectivity index (χ0v) is 13.6. The van der Waals surface area contributed by atoms with E-state index in [1.807, 2.05) is 0 Å². The van der Waals surface area contributed by atoms with Gasteiger partial charge in [-0.05, 0) is 55.0 Å². The maximum atomic E-state index is 5.37. The van der Waals surface area contributed by atoms with E-state index in [-0.39, 0.29) is 0 Å². The van der Waals surface area contributed by atoms with Crippen LogP contribution in [0.3, 0.4) is 0 Å². The van der Waals surface area contributed by atoms with Crippen LogP contribution in [-0.4, -0.2) is 31.1 Å². The fourth-order valence-electron chi connectivity index (χ4n) is 3.34. The lowest BCUT2D eigenvalue weighted by molar-refractivity contribution is 0.219. The summed E-state index contributed by atoms with van der Waals surface area (Å²) in [5.41, 5.74) is 4.36. The fraction of sp³-hybridized carbons (Fsp3) is 0.400. The summed E-state index contributed by atoms with van der Waals surface area (Å²) in [7, 11) is 1.74. The van der Waals surface area contributed by atoms with Gasteiger partial charge in [-0.2, -0.15) is 0 Å². The highest BCUT2D eigenvalue weighted by atomic mass is 16.5. The number of hydrogen-bond donors (Lipinski definition) is 0. The van der Waals surface area contributed by atoms with Crippen molar-refractivity contribution in [1.29, 1.82) is 0 Å². The van der Waals surface area contributed by atoms with Crippen molar-refractivity contribution in [3.05, 3.63) is 65.2 Å². The topological polar surface area (TPSA) is 12.5 Å². The van der Waals surface area contributed by atoms with Crippen molar-refractivity contribution in [2.75, 3.05) is 20.2 Å². The van der Waals surface area contributed by atoms with Gasteiger partial charge in [-0.3, -0.25) is 4.90 Å². The Morgan fingerprint density at radius 1 is 1.09 bits per heavy atom. The lowest BCUT2D eigenvalue weighted by Gasteiger charge is -2.27. The van der Waals surface area contributed by atoms with Crippen LogP contribution in [0.2, 0.25) is 0 Å². The first-order valence-electron chi connectivity index (χ1n) is 8.20. The van der Waals surface area contributed by atoms with Gasteiger partial charge in [0.15, 0.2) is 0 Å². The standard InChI is InChI=1S/C20H25NO/c1-16-14-19-15-20(22-2)9-8-18(19)11-13-21(16)12-10-17-6-4-3-5-7-17/h3-9,15-16H,10-14H2,1-2H3. The Balaban J connectivity index is 1.66. The molecule has 0 saturated carbocycles. The molecule has 0 amide bonds. The number of rotatable bonds is 4. The van der Waals surface area contributed by atoms with Crippen molar-refractivity contribution < 1.29 is 4.74 Å². The van der Waals surface area contributed by atoms with Crippen LogP contribution >= 0.6 is 0 Å². The predicted octanol–water partition coefficient (Wildman–Crippen LogP) is 3.73. The van der Waals surface area contributed by atoms with Gasteiger partial charge in [0.05, 0.1) is 7.11 Å². The summed E-state index contributed by atoms with van der Waals surface area (Å²) < 4.78 is 5.37. The quantitative estimate of drug-likeness (QED) is 0.852. The monoisotopic (exact) mass is 295 g/mol. The summed E-state index contributed by atoms with van der Waals surface area (Å²) in [4.78, 5) is 2.62. The average Bonchev–Trinajstić information content (AvgIpc) is 2.71. The van der Waals surface area contributed by atoms with E-state index < -0.39 is 0 Å². The predicted molar refractivity (Wildman–Crippen MR) is 91.6 cm³/mol. The molecule has 0 aromatic heterocycles. The van der Waals surface area contributed by atoms with Crippen molar-refractivity contribution in [3.8, 4) is 5.75 Å². The molecule has 1 aliphatic rings. The summed E-state index contributed by atoms with van der Waals surface area (Å²) >= 11 is 0. The van der Waals surface area contributed by atoms with Gasteiger partial charge in [-0.1, -0.05) is 36.4 Å². The molecule has 0 aliphatic carbocycles. The van der Waals surface area contributed by atoms with E-state index in [9.17, 15) is 0 Å². The molecule has 1 unspecified atom stereocenters. The van der Waals surface area contributed by atoms with Crippen molar-refractivity contribution in [1.82, 2.24) is 4.90 Å². The molecule has 2 aromatic rings. The summed E-state index contributed by atoms with van der Waals surface area (Å²) in [6.07, 6.45) is 3.38. The first kappa shape index (κ1) is 15.1. The lowest BCUT2D eigenvalue weighted by Crippen LogP contribution is -2.36. The number of benzene rings is 2. The summed E-state index contributed by atoms with van der Waals surface area (Å²) in [5, 5.41) is 0. The Morgan fingerprint density at radius 2 is 1.91 bits per heavy atom. The van der Waals surface area contributed by atoms with Gasteiger partial charge >= 0.3 is 0 Å². The Hall–Kier alpha value is -1.80. The minimum Gasteiger partial charge on any atom is -0.497 e. The van der Waals surface area contributed by atoms with Gasteiger partial charge in [0.25, 0.3) is 0 Å². The second-order valence-corrected chi connectivity index (χ2v) is 6.21. The van der Waals surface area contributed by atoms with Crippen LogP contribution in [0.5, 0.6) is 5.75 Å². The maximum absolute atomic E-state index is 5.37. The van der Waals surface area contributed by atoms with Gasteiger partial charge in [0.2, 0.25) is 0 Å². The van der Waals surface area contributed by atoms with Crippen molar-refractivity contribution in [3.63, 3.8) is 0 Å². The summed E-state index contributed by atoms with van der Waals surface area (Å²) in [6, 6.07) is 17.9. The third-order valence-corrected chi connectivity index (χ3v) is 4.75. The fourth-order valence-corrected chi connectivity index (χ4v) is 3.34. The smallest absolute Gasteiger partial charge is 0.119 e. The highest BCUT2D eigenvalue weighted by Crippen LogP contribution is 2.24. The van der Waals surface area contributed by atoms with Crippen LogP contribution < -0.4 is 4.74 Å². The first-order chi connectivity index (χ1) is 10.8. The molecule has 22 heavy (non-hydrogen) atoms. The molecule has 3 rings (SSSR count). The number of hydrogen-bond acceptors (Lipinski definition) is 2. The molecule has 116 valence electrons. The number of methoxy groups -OCH3 is 1. The number of ether oxygens (including phenoxy) is 1. The molecule has 0 bridgehead atoms. The van der Waals surface area contributed by atoms with E-state index in [4.69, 9.17) is 4.74 Å². The molecule has 1 aliphatic heterocycles. The normalized spacial score (nSPS) is 18.5. The van der Waals surface area contributed by atoms with Crippen LogP contribution in [0.25, 0.3) is 0 Å². The van der Waals surface area contributed by atoms with E-state index >= 15 is 0 Å². The first-order valence-corrected chi connectivity index (χ1v) is 8.20. The van der Waals surface area contributed by atoms with Crippen LogP contribution in [-0.2, 0) is 19.3 Å². The molecule has 0 N–H and O–H groups in total. The summed E-state index contributed by atoms with van der Waals surface area (Å²) in [6.45, 7) is 4.63. The van der Waals surface area contributed by atoms with E-state index in [0.29, 0.717) is 6.04 Å². The van der Waals surface area contributed by atoms with E-state index in [1.165, 1.54) is 16.7 Å². The van der Waals surface area contributed by atoms with Gasteiger partial charge in [0.1, 0.15) is 5.75 Å². The zero-order valence-electron chi connectivity index (χ0n) is 13.6. The second-order valence-electron chi connectivity index (χ2n) is 6.21. The second kappa shape index (κ2) is 6.97. The highest BCUT2D eigenvalue weighted by molar-refractivity contribution is 5.37. The third-order valence-electron chi connectivity index (χ3n) is 4.75. The number of fused-ring (bicyclic) bond motifs is 1. The molecule has 0 spiro atoms. The molecule has 0 radical (unpaired) electrons. The molecule has 2 nitrogen and oxygen atoms in total. The molecule has 1 atom stereocenters. The van der Waals surface area contributed by atoms with Gasteiger partial charge in [0, 0.05) is 19.1 Å². The minimum absolute atomic E-state index is 0.581. The molecule has 1 heterocycles. The summed E-state index contributed by atoms with van der Waals surface area (Å²) in [5.74, 6) is 0.976. The molecular weight excluding hydrogens is 270 g/mol. The van der Waals surface area contributed by atoms with Gasteiger partial charge in [-0.15, -0.1) is 0 Å². The number of nitrogens with zero attached hydrogens (tertiary/aromatic N) is 1. The molecule has 2 aromatic carbocycles. The van der Waals surface area contributed by atoms with Crippen LogP contribution in [0, 0.1) is 0 Å². The van der Waals surface area contributed by atoms with Gasteiger partial charge < -0.3 is 4.74 Å². The van der Waals surface area contributed by atoms with Crippen LogP contribution in [0.4, 0.5) is 0 Å². The molecular formula is C20H25NO. The minimum atomic E-state index is 0.581. The molecule has 2 heteroatoms. The Morgan fingerprint density at radius 3 is 2.68 bits per heavy atom. The Labute approximate surface area is 133 Å². The third kappa shape index (κ3) is 3.50. The Kier molecular flexibility index (Phi) is 4.79. The Bertz CT molecular complexity index is 608. The maximum Gasteiger partial charge on any atom is 0.119 e. The van der Waals surface area contributed by atoms with E-state index in [1.54, 1.807) is 7.11 Å². The molecule has 0 fully saturated rings.